The smallest absolute Gasteiger partial charge is 0.382 e. The zero-order valence-corrected chi connectivity index (χ0v) is 32.6. The Kier molecular flexibility index (Phi) is 11.1. The van der Waals surface area contributed by atoms with Crippen LogP contribution in [0.5, 0.6) is 0 Å². The number of aryl methyl sites for hydroxylation is 1. The number of nitrogens with two attached hydrogens (primary N) is 1. The largest absolute Gasteiger partial charge is 0.472 e. The van der Waals surface area contributed by atoms with Crippen LogP contribution < -0.4 is 17.0 Å². The zero-order valence-electron chi connectivity index (χ0n) is 30.0. The highest BCUT2D eigenvalue weighted by molar-refractivity contribution is 8.54. The number of aromatic amines is 1. The number of phosphoric acid groups is 1. The average molecular weight is 864 g/mol. The number of carbonyl (C=O) groups is 1. The number of fused-ring (bicyclic) bond motifs is 4. The van der Waals surface area contributed by atoms with E-state index in [9.17, 15) is 28.4 Å². The average Bonchev–Trinajstić information content (AvgIpc) is 3.86. The topological polar surface area (TPSA) is 251 Å². The zero-order chi connectivity index (χ0) is 40.9. The highest BCUT2D eigenvalue weighted by Crippen LogP contribution is 2.65. The molecule has 3 fully saturated rings. The molecule has 2 unspecified atom stereocenters. The maximum absolute atomic E-state index is 16.4. The van der Waals surface area contributed by atoms with Gasteiger partial charge < -0.3 is 20.1 Å². The van der Waals surface area contributed by atoms with E-state index in [4.69, 9.17) is 33.3 Å². The first-order valence-corrected chi connectivity index (χ1v) is 22.1. The number of carbonyl (C=O) groups excluding carboxylic acids is 1. The number of hydrogen-bond donors (Lipinski definition) is 3. The molecule has 10 atom stereocenters. The van der Waals surface area contributed by atoms with Crippen LogP contribution in [0, 0.1) is 6.92 Å². The number of nitrogens with zero attached hydrogens (tertiary/aromatic N) is 5. The fourth-order valence-electron chi connectivity index (χ4n) is 6.57. The first-order valence-electron chi connectivity index (χ1n) is 17.5. The van der Waals surface area contributed by atoms with E-state index in [0.29, 0.717) is 28.1 Å². The van der Waals surface area contributed by atoms with Crippen LogP contribution in [-0.4, -0.2) is 89.7 Å². The number of ketones is 1. The van der Waals surface area contributed by atoms with Crippen LogP contribution in [0.4, 0.5) is 14.6 Å². The molecule has 2 aromatic carbocycles. The molecular weight excluding hydrogens is 830 g/mol. The minimum atomic E-state index is -5.25. The van der Waals surface area contributed by atoms with E-state index in [1.807, 2.05) is 24.0 Å². The molecule has 2 bridgehead atoms. The van der Waals surface area contributed by atoms with Crippen LogP contribution >= 0.6 is 26.0 Å². The molecule has 0 amide bonds. The minimum absolute atomic E-state index is 0.0133. The van der Waals surface area contributed by atoms with Crippen molar-refractivity contribution in [3.05, 3.63) is 117 Å². The Bertz CT molecular complexity index is 2560. The highest BCUT2D eigenvalue weighted by Gasteiger charge is 2.55. The highest BCUT2D eigenvalue weighted by atomic mass is 32.7. The van der Waals surface area contributed by atoms with E-state index >= 15 is 8.78 Å². The summed E-state index contributed by atoms with van der Waals surface area (Å²) in [5, 5.41) is 0. The van der Waals surface area contributed by atoms with E-state index in [2.05, 4.69) is 15.0 Å². The van der Waals surface area contributed by atoms with Gasteiger partial charge in [0.1, 0.15) is 36.3 Å². The predicted octanol–water partition coefficient (Wildman–Crippen LogP) is 3.93. The Balaban J connectivity index is 1.11. The third-order valence-corrected chi connectivity index (χ3v) is 14.2. The summed E-state index contributed by atoms with van der Waals surface area (Å²) in [6.07, 6.45) is -11.7. The Hall–Kier alpha value is -4.47. The number of alkyl halides is 2. The Morgan fingerprint density at radius 1 is 0.897 bits per heavy atom. The van der Waals surface area contributed by atoms with Crippen LogP contribution in [0.3, 0.4) is 0 Å². The van der Waals surface area contributed by atoms with Crippen molar-refractivity contribution in [2.45, 2.75) is 61.9 Å². The third kappa shape index (κ3) is 8.09. The SMILES string of the molecule is Cc1ccc(C(=O)c2ccc(CSP3(=O)OC[C@H]4O[C@@H](n5cnc6c(N)ncnc65)[C@H](F)[C@@H]4OP(=O)(O)OC[C@H]4O[C@@H](n5ccc(=O)[nH]c5=O)[C@H](O3)[C@@H]4F)cc2)cc1. The van der Waals surface area contributed by atoms with Crippen molar-refractivity contribution in [3.8, 4) is 0 Å². The van der Waals surface area contributed by atoms with Crippen LogP contribution in [0.1, 0.15) is 39.5 Å². The molecule has 58 heavy (non-hydrogen) atoms. The number of anilines is 1. The Morgan fingerprint density at radius 3 is 2.31 bits per heavy atom. The standard InChI is InChI=1S/C34H33F2N7O12P2S/c1-17-2-6-19(7-3-17)27(45)20-8-4-18(5-9-20)14-58-57(49)51-13-22-28(25(36)32(53-22)43-16-40-26-30(37)38-15-39-31(26)43)54-56(47,48)50-12-21-24(35)29(55-57)33(52-21)42-11-10-23(44)41-34(42)46/h2-11,15-16,21-22,24-25,28-29,32-33H,12-14H2,1H3,(H,47,48)(H2,37,38,39)(H,41,44,46)/t21-,22-,24-,25-,28-,29-,32-,33-,57?/m1/s1. The first kappa shape index (κ1) is 40.3. The van der Waals surface area contributed by atoms with Crippen molar-refractivity contribution in [2.24, 2.45) is 0 Å². The van der Waals surface area contributed by atoms with Crippen molar-refractivity contribution in [2.75, 3.05) is 18.9 Å². The Labute approximate surface area is 329 Å². The molecule has 19 nitrogen and oxygen atoms in total. The summed E-state index contributed by atoms with van der Waals surface area (Å²) in [6.45, 7) is -4.58. The number of benzene rings is 2. The van der Waals surface area contributed by atoms with Gasteiger partial charge in [-0.05, 0) is 23.9 Å². The number of hydrogen-bond acceptors (Lipinski definition) is 16. The van der Waals surface area contributed by atoms with Gasteiger partial charge in [-0.15, -0.1) is 0 Å². The van der Waals surface area contributed by atoms with Crippen LogP contribution in [-0.2, 0) is 42.5 Å². The third-order valence-electron chi connectivity index (χ3n) is 9.54. The monoisotopic (exact) mass is 863 g/mol. The molecule has 24 heteroatoms. The molecule has 6 heterocycles. The van der Waals surface area contributed by atoms with Gasteiger partial charge in [0.15, 0.2) is 42.0 Å². The molecule has 3 aromatic heterocycles. The minimum Gasteiger partial charge on any atom is -0.382 e. The van der Waals surface area contributed by atoms with Gasteiger partial charge in [0.2, 0.25) is 0 Å². The molecule has 8 rings (SSSR count). The second-order valence-electron chi connectivity index (χ2n) is 13.4. The summed E-state index contributed by atoms with van der Waals surface area (Å²) >= 11 is 0.588. The van der Waals surface area contributed by atoms with Gasteiger partial charge in [-0.1, -0.05) is 54.1 Å². The molecule has 0 spiro atoms. The lowest BCUT2D eigenvalue weighted by atomic mass is 10.0. The van der Waals surface area contributed by atoms with Gasteiger partial charge >= 0.3 is 20.3 Å². The van der Waals surface area contributed by atoms with Crippen molar-refractivity contribution >= 4 is 48.8 Å². The molecule has 3 saturated heterocycles. The number of H-pyrrole nitrogens is 1. The molecule has 4 N–H and O–H groups in total. The summed E-state index contributed by atoms with van der Waals surface area (Å²) in [6, 6.07) is 14.4. The van der Waals surface area contributed by atoms with Crippen LogP contribution in [0.15, 0.2) is 83.0 Å². The van der Waals surface area contributed by atoms with Crippen molar-refractivity contribution in [1.82, 2.24) is 29.1 Å². The van der Waals surface area contributed by atoms with E-state index in [0.717, 1.165) is 33.3 Å². The summed E-state index contributed by atoms with van der Waals surface area (Å²) < 4.78 is 96.5. The summed E-state index contributed by atoms with van der Waals surface area (Å²) in [5.41, 5.74) is 6.63. The molecule has 0 saturated carbocycles. The predicted molar refractivity (Wildman–Crippen MR) is 200 cm³/mol. The maximum Gasteiger partial charge on any atom is 0.472 e. The summed E-state index contributed by atoms with van der Waals surface area (Å²) in [5.74, 6) is -0.346. The van der Waals surface area contributed by atoms with E-state index in [1.165, 1.54) is 6.33 Å². The lowest BCUT2D eigenvalue weighted by molar-refractivity contribution is -0.0635. The van der Waals surface area contributed by atoms with Gasteiger partial charge in [0.25, 0.3) is 5.56 Å². The quantitative estimate of drug-likeness (QED) is 0.155. The first-order chi connectivity index (χ1) is 27.7. The number of imidazole rings is 1. The second-order valence-corrected chi connectivity index (χ2v) is 18.9. The number of nitrogens with one attached hydrogen (secondary N) is 1. The molecule has 3 aliphatic heterocycles. The van der Waals surface area contributed by atoms with Crippen molar-refractivity contribution in [1.29, 1.82) is 0 Å². The number of phosphoric ester groups is 1. The van der Waals surface area contributed by atoms with Gasteiger partial charge in [0, 0.05) is 29.1 Å². The van der Waals surface area contributed by atoms with Gasteiger partial charge in [-0.2, -0.15) is 0 Å². The van der Waals surface area contributed by atoms with Gasteiger partial charge in [0.05, 0.1) is 19.5 Å². The molecule has 3 aliphatic rings. The van der Waals surface area contributed by atoms with Crippen molar-refractivity contribution < 1.29 is 55.2 Å². The van der Waals surface area contributed by atoms with Crippen LogP contribution in [0.2, 0.25) is 0 Å². The van der Waals surface area contributed by atoms with E-state index in [1.54, 1.807) is 36.4 Å². The number of aromatic nitrogens is 6. The number of nitrogen functional groups attached to an aromatic ring is 1. The summed E-state index contributed by atoms with van der Waals surface area (Å²) in [4.78, 5) is 62.6. The number of ether oxygens (including phenoxy) is 2. The second kappa shape index (κ2) is 15.9. The van der Waals surface area contributed by atoms with Crippen molar-refractivity contribution in [3.63, 3.8) is 0 Å². The normalized spacial score (nSPS) is 31.6. The van der Waals surface area contributed by atoms with E-state index < -0.39 is 88.3 Å². The molecule has 306 valence electrons. The Morgan fingerprint density at radius 2 is 1.59 bits per heavy atom. The molecular formula is C34H33F2N7O12P2S. The molecule has 0 radical (unpaired) electrons. The maximum atomic E-state index is 16.4. The fraction of sp³-hybridized carbons (Fsp3) is 0.353. The number of rotatable bonds is 7. The van der Waals surface area contributed by atoms with Gasteiger partial charge in [-0.25, -0.2) is 37.7 Å². The van der Waals surface area contributed by atoms with Gasteiger partial charge in [-0.3, -0.25) is 41.8 Å². The summed E-state index contributed by atoms with van der Waals surface area (Å²) in [7, 11) is -5.25. The molecule has 0 aliphatic carbocycles. The van der Waals surface area contributed by atoms with Crippen LogP contribution in [0.25, 0.3) is 11.2 Å². The van der Waals surface area contributed by atoms with E-state index in [-0.39, 0.29) is 28.5 Å². The molecule has 5 aromatic rings. The lowest BCUT2D eigenvalue weighted by Crippen LogP contribution is -2.37. The fourth-order valence-corrected chi connectivity index (χ4v) is 10.9. The number of halogens is 2. The lowest BCUT2D eigenvalue weighted by Gasteiger charge is -2.27.